The van der Waals surface area contributed by atoms with Crippen molar-refractivity contribution in [3.63, 3.8) is 0 Å². The van der Waals surface area contributed by atoms with E-state index in [-0.39, 0.29) is 23.0 Å². The summed E-state index contributed by atoms with van der Waals surface area (Å²) in [6, 6.07) is 4.46. The molecule has 1 aromatic carbocycles. The second-order valence-electron chi connectivity index (χ2n) is 3.91. The quantitative estimate of drug-likeness (QED) is 0.572. The number of benzene rings is 1. The molecular weight excluding hydrogens is 273 g/mol. The molecule has 20 heavy (non-hydrogen) atoms. The zero-order chi connectivity index (χ0) is 14.9. The third-order valence-electron chi connectivity index (χ3n) is 2.57. The minimum absolute atomic E-state index is 0.00238. The Balaban J connectivity index is 2.44. The van der Waals surface area contributed by atoms with Gasteiger partial charge >= 0.3 is 6.18 Å². The van der Waals surface area contributed by atoms with Gasteiger partial charge in [0.05, 0.1) is 11.3 Å². The summed E-state index contributed by atoms with van der Waals surface area (Å²) >= 11 is 0. The van der Waals surface area contributed by atoms with Gasteiger partial charge in [0, 0.05) is 0 Å². The van der Waals surface area contributed by atoms with Gasteiger partial charge < -0.3 is 11.5 Å². The molecule has 6 N–H and O–H groups in total. The van der Waals surface area contributed by atoms with Crippen molar-refractivity contribution in [3.05, 3.63) is 36.2 Å². The molecule has 9 heteroatoms. The summed E-state index contributed by atoms with van der Waals surface area (Å²) in [7, 11) is 0. The van der Waals surface area contributed by atoms with Gasteiger partial charge in [0.15, 0.2) is 11.6 Å². The van der Waals surface area contributed by atoms with Crippen LogP contribution in [-0.2, 0) is 6.18 Å². The monoisotopic (exact) mass is 284 g/mol. The first-order valence-electron chi connectivity index (χ1n) is 5.38. The minimum Gasteiger partial charge on any atom is -0.393 e. The van der Waals surface area contributed by atoms with Gasteiger partial charge in [-0.1, -0.05) is 6.07 Å². The topological polar surface area (TPSA) is 107 Å². The zero-order valence-electron chi connectivity index (χ0n) is 10.1. The number of hydrogen-bond acceptors (Lipinski definition) is 6. The molecule has 1 heterocycles. The smallest absolute Gasteiger partial charge is 0.393 e. The maximum absolute atomic E-state index is 12.6. The van der Waals surface area contributed by atoms with Crippen LogP contribution in [0, 0.1) is 0 Å². The summed E-state index contributed by atoms with van der Waals surface area (Å²) in [6.45, 7) is 0. The number of rotatable bonds is 2. The lowest BCUT2D eigenvalue weighted by Gasteiger charge is -2.20. The van der Waals surface area contributed by atoms with E-state index >= 15 is 0 Å². The van der Waals surface area contributed by atoms with E-state index in [0.717, 1.165) is 23.5 Å². The molecule has 6 nitrogen and oxygen atoms in total. The van der Waals surface area contributed by atoms with Crippen molar-refractivity contribution in [3.8, 4) is 0 Å². The van der Waals surface area contributed by atoms with Crippen LogP contribution >= 0.6 is 0 Å². The first-order valence-corrected chi connectivity index (χ1v) is 5.38. The average molecular weight is 284 g/mol. The maximum atomic E-state index is 12.6. The van der Waals surface area contributed by atoms with Gasteiger partial charge in [-0.3, -0.25) is 5.01 Å². The van der Waals surface area contributed by atoms with Crippen LogP contribution in [0.3, 0.4) is 0 Å². The molecule has 0 aliphatic heterocycles. The molecule has 1 aromatic heterocycles. The highest BCUT2D eigenvalue weighted by Gasteiger charge is 2.31. The van der Waals surface area contributed by atoms with E-state index in [1.54, 1.807) is 0 Å². The van der Waals surface area contributed by atoms with E-state index in [1.165, 1.54) is 12.1 Å². The number of anilines is 4. The number of nitrogen functional groups attached to an aromatic ring is 2. The van der Waals surface area contributed by atoms with Crippen molar-refractivity contribution in [2.45, 2.75) is 6.18 Å². The van der Waals surface area contributed by atoms with E-state index in [2.05, 4.69) is 9.97 Å². The van der Waals surface area contributed by atoms with Gasteiger partial charge in [0.25, 0.3) is 0 Å². The fraction of sp³-hybridized carbons (Fsp3) is 0.0909. The molecule has 2 rings (SSSR count). The lowest BCUT2D eigenvalue weighted by atomic mass is 10.2. The number of aromatic nitrogens is 2. The predicted molar refractivity (Wildman–Crippen MR) is 68.6 cm³/mol. The number of nitrogens with two attached hydrogens (primary N) is 3. The number of hydrogen-bond donors (Lipinski definition) is 3. The molecule has 2 aromatic rings. The lowest BCUT2D eigenvalue weighted by Crippen LogP contribution is -2.27. The highest BCUT2D eigenvalue weighted by molar-refractivity contribution is 5.77. The first-order chi connectivity index (χ1) is 9.30. The molecule has 0 spiro atoms. The Labute approximate surface area is 112 Å². The second-order valence-corrected chi connectivity index (χ2v) is 3.91. The van der Waals surface area contributed by atoms with Crippen LogP contribution in [0.2, 0.25) is 0 Å². The Hall–Kier alpha value is -2.55. The molecule has 0 fully saturated rings. The molecule has 0 amide bonds. The van der Waals surface area contributed by atoms with Crippen LogP contribution < -0.4 is 22.3 Å². The van der Waals surface area contributed by atoms with E-state index in [0.29, 0.717) is 0 Å². The van der Waals surface area contributed by atoms with E-state index in [9.17, 15) is 13.2 Å². The van der Waals surface area contributed by atoms with Gasteiger partial charge in [-0.25, -0.2) is 15.8 Å². The third kappa shape index (κ3) is 2.57. The molecule has 106 valence electrons. The Morgan fingerprint density at radius 1 is 1.10 bits per heavy atom. The van der Waals surface area contributed by atoms with Crippen LogP contribution in [0.1, 0.15) is 5.56 Å². The Kier molecular flexibility index (Phi) is 3.36. The molecule has 0 bridgehead atoms. The van der Waals surface area contributed by atoms with E-state index in [1.807, 2.05) is 0 Å². The zero-order valence-corrected chi connectivity index (χ0v) is 10.1. The Bertz CT molecular complexity index is 628. The molecule has 0 aliphatic carbocycles. The van der Waals surface area contributed by atoms with Crippen molar-refractivity contribution >= 4 is 23.0 Å². The Morgan fingerprint density at radius 2 is 1.80 bits per heavy atom. The van der Waals surface area contributed by atoms with Gasteiger partial charge in [0.2, 0.25) is 0 Å². The molecule has 0 saturated carbocycles. The maximum Gasteiger partial charge on any atom is 0.416 e. The highest BCUT2D eigenvalue weighted by atomic mass is 19.4. The fourth-order valence-corrected chi connectivity index (χ4v) is 1.55. The first kappa shape index (κ1) is 13.9. The Morgan fingerprint density at radius 3 is 2.45 bits per heavy atom. The number of hydrazine groups is 1. The standard InChI is InChI=1S/C11H11F3N6/c12-11(13,14)6-2-1-3-7(4-6)20(17)10-8(15)9(16)18-5-19-10/h1-5H,15,17H2,(H2,16,18,19). The van der Waals surface area contributed by atoms with Crippen LogP contribution in [0.25, 0.3) is 0 Å². The summed E-state index contributed by atoms with van der Waals surface area (Å²) in [5.74, 6) is 5.76. The summed E-state index contributed by atoms with van der Waals surface area (Å²) < 4.78 is 37.9. The molecule has 0 atom stereocenters. The normalized spacial score (nSPS) is 11.4. The van der Waals surface area contributed by atoms with Crippen LogP contribution in [0.4, 0.5) is 36.2 Å². The SMILES string of the molecule is Nc1ncnc(N(N)c2cccc(C(F)(F)F)c2)c1N. The summed E-state index contributed by atoms with van der Waals surface area (Å²) in [5, 5.41) is 0.919. The van der Waals surface area contributed by atoms with Crippen molar-refractivity contribution in [1.82, 2.24) is 9.97 Å². The third-order valence-corrected chi connectivity index (χ3v) is 2.57. The number of halogens is 3. The van der Waals surface area contributed by atoms with E-state index in [4.69, 9.17) is 17.3 Å². The predicted octanol–water partition coefficient (Wildman–Crippen LogP) is 1.67. The average Bonchev–Trinajstić information content (AvgIpc) is 2.40. The van der Waals surface area contributed by atoms with Crippen LogP contribution in [0.5, 0.6) is 0 Å². The largest absolute Gasteiger partial charge is 0.416 e. The number of nitrogens with zero attached hydrogens (tertiary/aromatic N) is 3. The van der Waals surface area contributed by atoms with Crippen molar-refractivity contribution in [2.24, 2.45) is 5.84 Å². The van der Waals surface area contributed by atoms with Gasteiger partial charge in [-0.05, 0) is 18.2 Å². The summed E-state index contributed by atoms with van der Waals surface area (Å²) in [4.78, 5) is 7.46. The van der Waals surface area contributed by atoms with Gasteiger partial charge in [-0.2, -0.15) is 13.2 Å². The van der Waals surface area contributed by atoms with Crippen LogP contribution in [0.15, 0.2) is 30.6 Å². The molecular formula is C11H11F3N6. The minimum atomic E-state index is -4.47. The molecule has 0 radical (unpaired) electrons. The second kappa shape index (κ2) is 4.85. The van der Waals surface area contributed by atoms with Crippen molar-refractivity contribution < 1.29 is 13.2 Å². The summed E-state index contributed by atoms with van der Waals surface area (Å²) in [5.41, 5.74) is 10.4. The lowest BCUT2D eigenvalue weighted by molar-refractivity contribution is -0.137. The van der Waals surface area contributed by atoms with Gasteiger partial charge in [0.1, 0.15) is 12.0 Å². The van der Waals surface area contributed by atoms with Crippen molar-refractivity contribution in [1.29, 1.82) is 0 Å². The highest BCUT2D eigenvalue weighted by Crippen LogP contribution is 2.33. The van der Waals surface area contributed by atoms with E-state index < -0.39 is 11.7 Å². The molecule has 0 saturated heterocycles. The number of alkyl halides is 3. The fourth-order valence-electron chi connectivity index (χ4n) is 1.55. The summed E-state index contributed by atoms with van der Waals surface area (Å²) in [6.07, 6.45) is -3.35. The van der Waals surface area contributed by atoms with Crippen LogP contribution in [-0.4, -0.2) is 9.97 Å². The molecule has 0 unspecified atom stereocenters. The van der Waals surface area contributed by atoms with Gasteiger partial charge in [-0.15, -0.1) is 0 Å². The van der Waals surface area contributed by atoms with Crippen molar-refractivity contribution in [2.75, 3.05) is 16.5 Å². The molecule has 0 aliphatic rings.